The van der Waals surface area contributed by atoms with Gasteiger partial charge in [-0.25, -0.2) is 0 Å². The van der Waals surface area contributed by atoms with Gasteiger partial charge in [-0.3, -0.25) is 9.78 Å². The third-order valence-corrected chi connectivity index (χ3v) is 2.97. The Balaban J connectivity index is 1.94. The maximum Gasteiger partial charge on any atom is 0.227 e. The van der Waals surface area contributed by atoms with Gasteiger partial charge < -0.3 is 20.3 Å². The van der Waals surface area contributed by atoms with Gasteiger partial charge in [-0.1, -0.05) is 0 Å². The Kier molecular flexibility index (Phi) is 4.70. The zero-order valence-corrected chi connectivity index (χ0v) is 11.3. The second-order valence-electron chi connectivity index (χ2n) is 4.74. The SMILES string of the molecule is CN(C)c1ccncc1NC(=O)CC1CNCCO1. The van der Waals surface area contributed by atoms with Crippen LogP contribution in [0.3, 0.4) is 0 Å². The number of nitrogens with one attached hydrogen (secondary N) is 2. The molecule has 0 bridgehead atoms. The van der Waals surface area contributed by atoms with E-state index in [0.29, 0.717) is 13.0 Å². The van der Waals surface area contributed by atoms with Gasteiger partial charge in [0.1, 0.15) is 0 Å². The van der Waals surface area contributed by atoms with Crippen molar-refractivity contribution in [2.24, 2.45) is 0 Å². The van der Waals surface area contributed by atoms with Gasteiger partial charge in [0.15, 0.2) is 0 Å². The minimum Gasteiger partial charge on any atom is -0.376 e. The molecule has 2 N–H and O–H groups in total. The summed E-state index contributed by atoms with van der Waals surface area (Å²) in [5.74, 6) is -0.0511. The standard InChI is InChI=1S/C13H20N4O2/c1-17(2)12-3-4-14-9-11(12)16-13(18)7-10-8-15-5-6-19-10/h3-4,9-10,15H,5-8H2,1-2H3,(H,16,18). The number of morpholine rings is 1. The van der Waals surface area contributed by atoms with E-state index in [0.717, 1.165) is 24.5 Å². The molecule has 1 unspecified atom stereocenters. The van der Waals surface area contributed by atoms with Crippen LogP contribution >= 0.6 is 0 Å². The minimum absolute atomic E-state index is 0.0479. The van der Waals surface area contributed by atoms with E-state index in [-0.39, 0.29) is 12.0 Å². The van der Waals surface area contributed by atoms with Crippen molar-refractivity contribution in [2.45, 2.75) is 12.5 Å². The van der Waals surface area contributed by atoms with Gasteiger partial charge in [-0.05, 0) is 6.07 Å². The number of nitrogens with zero attached hydrogens (tertiary/aromatic N) is 2. The highest BCUT2D eigenvalue weighted by Crippen LogP contribution is 2.22. The first-order chi connectivity index (χ1) is 9.16. The van der Waals surface area contributed by atoms with Gasteiger partial charge in [0.2, 0.25) is 5.91 Å². The summed E-state index contributed by atoms with van der Waals surface area (Å²) in [7, 11) is 3.86. The van der Waals surface area contributed by atoms with Crippen molar-refractivity contribution in [1.82, 2.24) is 10.3 Å². The van der Waals surface area contributed by atoms with Crippen LogP contribution in [0.5, 0.6) is 0 Å². The molecule has 0 aliphatic carbocycles. The number of carbonyl (C=O) groups is 1. The normalized spacial score (nSPS) is 18.9. The molecule has 104 valence electrons. The van der Waals surface area contributed by atoms with Crippen LogP contribution in [0.25, 0.3) is 0 Å². The summed E-state index contributed by atoms with van der Waals surface area (Å²) < 4.78 is 5.51. The van der Waals surface area contributed by atoms with E-state index >= 15 is 0 Å². The largest absolute Gasteiger partial charge is 0.376 e. The van der Waals surface area contributed by atoms with Gasteiger partial charge in [0.05, 0.1) is 36.7 Å². The summed E-state index contributed by atoms with van der Waals surface area (Å²) in [6, 6.07) is 1.87. The molecule has 1 aliphatic rings. The molecule has 1 atom stereocenters. The number of carbonyl (C=O) groups excluding carboxylic acids is 1. The van der Waals surface area contributed by atoms with Crippen molar-refractivity contribution in [3.8, 4) is 0 Å². The molecular weight excluding hydrogens is 244 g/mol. The van der Waals surface area contributed by atoms with E-state index in [4.69, 9.17) is 4.74 Å². The van der Waals surface area contributed by atoms with E-state index in [1.54, 1.807) is 12.4 Å². The minimum atomic E-state index is -0.0511. The van der Waals surface area contributed by atoms with Crippen LogP contribution in [0.15, 0.2) is 18.5 Å². The van der Waals surface area contributed by atoms with E-state index < -0.39 is 0 Å². The fourth-order valence-electron chi connectivity index (χ4n) is 2.03. The number of hydrogen-bond donors (Lipinski definition) is 2. The molecule has 0 radical (unpaired) electrons. The summed E-state index contributed by atoms with van der Waals surface area (Å²) in [5, 5.41) is 6.10. The van der Waals surface area contributed by atoms with Crippen LogP contribution in [0.4, 0.5) is 11.4 Å². The molecule has 2 rings (SSSR count). The Hall–Kier alpha value is -1.66. The quantitative estimate of drug-likeness (QED) is 0.827. The van der Waals surface area contributed by atoms with Gasteiger partial charge in [-0.15, -0.1) is 0 Å². The first-order valence-electron chi connectivity index (χ1n) is 6.40. The molecule has 1 fully saturated rings. The van der Waals surface area contributed by atoms with Crippen LogP contribution < -0.4 is 15.5 Å². The molecule has 1 aliphatic heterocycles. The lowest BCUT2D eigenvalue weighted by Gasteiger charge is -2.23. The Morgan fingerprint density at radius 1 is 1.63 bits per heavy atom. The van der Waals surface area contributed by atoms with Crippen LogP contribution in [0.2, 0.25) is 0 Å². The van der Waals surface area contributed by atoms with E-state index in [1.807, 2.05) is 25.1 Å². The summed E-state index contributed by atoms with van der Waals surface area (Å²) >= 11 is 0. The molecule has 1 amide bonds. The number of amides is 1. The Labute approximate surface area is 113 Å². The third kappa shape index (κ3) is 3.90. The second kappa shape index (κ2) is 6.49. The highest BCUT2D eigenvalue weighted by molar-refractivity contribution is 5.94. The lowest BCUT2D eigenvalue weighted by molar-refractivity contribution is -0.119. The van der Waals surface area contributed by atoms with Crippen molar-refractivity contribution in [3.05, 3.63) is 18.5 Å². The van der Waals surface area contributed by atoms with E-state index in [9.17, 15) is 4.79 Å². The summed E-state index contributed by atoms with van der Waals surface area (Å²) in [5.41, 5.74) is 1.66. The Bertz CT molecular complexity index is 430. The fraction of sp³-hybridized carbons (Fsp3) is 0.538. The fourth-order valence-corrected chi connectivity index (χ4v) is 2.03. The second-order valence-corrected chi connectivity index (χ2v) is 4.74. The molecule has 2 heterocycles. The van der Waals surface area contributed by atoms with Gasteiger partial charge >= 0.3 is 0 Å². The number of aromatic nitrogens is 1. The van der Waals surface area contributed by atoms with E-state index in [2.05, 4.69) is 15.6 Å². The molecule has 6 nitrogen and oxygen atoms in total. The van der Waals surface area contributed by atoms with Gasteiger partial charge in [-0.2, -0.15) is 0 Å². The van der Waals surface area contributed by atoms with Gasteiger partial charge in [0.25, 0.3) is 0 Å². The smallest absolute Gasteiger partial charge is 0.227 e. The predicted molar refractivity (Wildman–Crippen MR) is 74.4 cm³/mol. The lowest BCUT2D eigenvalue weighted by atomic mass is 10.2. The number of ether oxygens (including phenoxy) is 1. The maximum atomic E-state index is 12.0. The molecule has 19 heavy (non-hydrogen) atoms. The molecular formula is C13H20N4O2. The Morgan fingerprint density at radius 3 is 3.16 bits per heavy atom. The number of anilines is 2. The molecule has 1 aromatic heterocycles. The number of pyridine rings is 1. The molecule has 6 heteroatoms. The van der Waals surface area contributed by atoms with Crippen molar-refractivity contribution >= 4 is 17.3 Å². The van der Waals surface area contributed by atoms with Crippen LogP contribution in [0, 0.1) is 0 Å². The zero-order valence-electron chi connectivity index (χ0n) is 11.3. The van der Waals surface area contributed by atoms with E-state index in [1.165, 1.54) is 0 Å². The molecule has 0 spiro atoms. The average Bonchev–Trinajstić information content (AvgIpc) is 2.40. The molecule has 1 aromatic rings. The summed E-state index contributed by atoms with van der Waals surface area (Å²) in [6.45, 7) is 2.24. The first-order valence-corrected chi connectivity index (χ1v) is 6.40. The lowest BCUT2D eigenvalue weighted by Crippen LogP contribution is -2.40. The number of rotatable bonds is 4. The van der Waals surface area contributed by atoms with Crippen molar-refractivity contribution in [2.75, 3.05) is 44.0 Å². The number of hydrogen-bond acceptors (Lipinski definition) is 5. The monoisotopic (exact) mass is 264 g/mol. The topological polar surface area (TPSA) is 66.5 Å². The molecule has 0 saturated carbocycles. The van der Waals surface area contributed by atoms with Crippen molar-refractivity contribution < 1.29 is 9.53 Å². The third-order valence-electron chi connectivity index (χ3n) is 2.97. The zero-order chi connectivity index (χ0) is 13.7. The summed E-state index contributed by atoms with van der Waals surface area (Å²) in [6.07, 6.45) is 3.68. The van der Waals surface area contributed by atoms with Crippen LogP contribution in [0.1, 0.15) is 6.42 Å². The maximum absolute atomic E-state index is 12.0. The summed E-state index contributed by atoms with van der Waals surface area (Å²) in [4.78, 5) is 18.0. The van der Waals surface area contributed by atoms with Crippen LogP contribution in [-0.2, 0) is 9.53 Å². The average molecular weight is 264 g/mol. The van der Waals surface area contributed by atoms with Crippen molar-refractivity contribution in [3.63, 3.8) is 0 Å². The van der Waals surface area contributed by atoms with Gasteiger partial charge in [0, 0.05) is 33.4 Å². The molecule has 1 saturated heterocycles. The highest BCUT2D eigenvalue weighted by Gasteiger charge is 2.18. The highest BCUT2D eigenvalue weighted by atomic mass is 16.5. The van der Waals surface area contributed by atoms with Crippen molar-refractivity contribution in [1.29, 1.82) is 0 Å². The van der Waals surface area contributed by atoms with Crippen LogP contribution in [-0.4, -0.2) is 50.8 Å². The molecule has 0 aromatic carbocycles. The predicted octanol–water partition coefficient (Wildman–Crippen LogP) is 0.465. The Morgan fingerprint density at radius 2 is 2.47 bits per heavy atom. The first kappa shape index (κ1) is 13.8.